The zero-order chi connectivity index (χ0) is 26.7. The lowest BCUT2D eigenvalue weighted by molar-refractivity contribution is -0.130. The van der Waals surface area contributed by atoms with E-state index in [1.54, 1.807) is 66.7 Å². The van der Waals surface area contributed by atoms with Gasteiger partial charge in [0.05, 0.1) is 23.8 Å². The molecular weight excluding hydrogens is 484 g/mol. The smallest absolute Gasteiger partial charge is 0.338 e. The predicted octanol–water partition coefficient (Wildman–Crippen LogP) is 4.96. The first-order chi connectivity index (χ1) is 18.5. The van der Waals surface area contributed by atoms with Crippen LogP contribution in [0.4, 0.5) is 0 Å². The summed E-state index contributed by atoms with van der Waals surface area (Å²) in [6.45, 7) is 3.72. The average molecular weight is 515 g/mol. The first kappa shape index (κ1) is 27.0. The Morgan fingerprint density at radius 1 is 0.868 bits per heavy atom. The van der Waals surface area contributed by atoms with Crippen molar-refractivity contribution in [1.82, 2.24) is 0 Å². The van der Waals surface area contributed by atoms with Gasteiger partial charge in [-0.15, -0.1) is 6.58 Å². The van der Waals surface area contributed by atoms with E-state index in [1.807, 2.05) is 30.3 Å². The van der Waals surface area contributed by atoms with Crippen molar-refractivity contribution >= 4 is 17.7 Å². The number of benzene rings is 3. The molecule has 0 spiro atoms. The van der Waals surface area contributed by atoms with Gasteiger partial charge in [0.1, 0.15) is 24.9 Å². The molecule has 0 bridgehead atoms. The summed E-state index contributed by atoms with van der Waals surface area (Å²) < 4.78 is 23.3. The van der Waals surface area contributed by atoms with Gasteiger partial charge in [0, 0.05) is 6.42 Å². The van der Waals surface area contributed by atoms with Crippen LogP contribution in [0.3, 0.4) is 0 Å². The summed E-state index contributed by atoms with van der Waals surface area (Å²) in [6, 6.07) is 26.6. The van der Waals surface area contributed by atoms with E-state index in [0.717, 1.165) is 5.56 Å². The molecule has 3 aromatic carbocycles. The number of esters is 2. The van der Waals surface area contributed by atoms with E-state index in [0.29, 0.717) is 17.5 Å². The minimum Gasteiger partial charge on any atom is -0.458 e. The number of hydrogen-bond acceptors (Lipinski definition) is 7. The largest absolute Gasteiger partial charge is 0.458 e. The lowest BCUT2D eigenvalue weighted by Crippen LogP contribution is -2.36. The van der Waals surface area contributed by atoms with E-state index >= 15 is 0 Å². The number of ether oxygens (including phenoxy) is 4. The molecule has 2 unspecified atom stereocenters. The molecule has 7 nitrogen and oxygen atoms in total. The maximum atomic E-state index is 13.1. The summed E-state index contributed by atoms with van der Waals surface area (Å²) in [5, 5.41) is 0. The summed E-state index contributed by atoms with van der Waals surface area (Å²) in [6.07, 6.45) is -1.12. The van der Waals surface area contributed by atoms with Crippen molar-refractivity contribution in [2.24, 2.45) is 0 Å². The normalized spacial score (nSPS) is 19.5. The fourth-order valence-corrected chi connectivity index (χ4v) is 4.20. The molecule has 7 heteroatoms. The SMILES string of the molecule is C=CCC1OC(C[C@@H](COC(=O)c2ccccc2)OC(=O)c2ccccc2)[C@H](OCc2ccccc2)C1=O. The molecule has 0 N–H and O–H groups in total. The molecule has 3 aromatic rings. The summed E-state index contributed by atoms with van der Waals surface area (Å²) in [5.41, 5.74) is 1.65. The molecule has 1 saturated heterocycles. The standard InChI is InChI=1S/C31H30O7/c1-2-12-26-28(32)29(35-20-22-13-6-3-7-14-22)27(38-26)19-25(37-31(34)24-17-10-5-11-18-24)21-36-30(33)23-15-8-4-9-16-23/h2-11,13-18,25-27,29H,1,12,19-21H2/t25-,26?,27?,29-/m0/s1. The van der Waals surface area contributed by atoms with Gasteiger partial charge in [0.2, 0.25) is 0 Å². The van der Waals surface area contributed by atoms with Gasteiger partial charge in [0.25, 0.3) is 0 Å². The van der Waals surface area contributed by atoms with Crippen molar-refractivity contribution in [3.63, 3.8) is 0 Å². The molecule has 1 aliphatic heterocycles. The minimum atomic E-state index is -0.876. The van der Waals surface area contributed by atoms with Crippen LogP contribution in [0.25, 0.3) is 0 Å². The lowest BCUT2D eigenvalue weighted by Gasteiger charge is -2.24. The van der Waals surface area contributed by atoms with Crippen LogP contribution in [0, 0.1) is 0 Å². The molecule has 1 aliphatic rings. The van der Waals surface area contributed by atoms with Gasteiger partial charge in [-0.25, -0.2) is 9.59 Å². The predicted molar refractivity (Wildman–Crippen MR) is 140 cm³/mol. The number of carbonyl (C=O) groups is 3. The Bertz CT molecular complexity index is 1210. The van der Waals surface area contributed by atoms with Crippen LogP contribution in [-0.2, 0) is 30.3 Å². The zero-order valence-electron chi connectivity index (χ0n) is 20.9. The minimum absolute atomic E-state index is 0.0967. The Hall–Kier alpha value is -4.07. The van der Waals surface area contributed by atoms with E-state index in [9.17, 15) is 14.4 Å². The third-order valence-electron chi connectivity index (χ3n) is 6.12. The van der Waals surface area contributed by atoms with E-state index < -0.39 is 36.4 Å². The van der Waals surface area contributed by atoms with Crippen molar-refractivity contribution in [3.8, 4) is 0 Å². The first-order valence-electron chi connectivity index (χ1n) is 12.5. The number of ketones is 1. The van der Waals surface area contributed by atoms with Crippen LogP contribution in [0.15, 0.2) is 104 Å². The summed E-state index contributed by atoms with van der Waals surface area (Å²) in [5.74, 6) is -1.31. The quantitative estimate of drug-likeness (QED) is 0.249. The van der Waals surface area contributed by atoms with Crippen LogP contribution in [0.2, 0.25) is 0 Å². The molecule has 4 rings (SSSR count). The van der Waals surface area contributed by atoms with Crippen molar-refractivity contribution < 1.29 is 33.3 Å². The van der Waals surface area contributed by atoms with Crippen molar-refractivity contribution in [1.29, 1.82) is 0 Å². The number of carbonyl (C=O) groups excluding carboxylic acids is 3. The molecule has 38 heavy (non-hydrogen) atoms. The highest BCUT2D eigenvalue weighted by Crippen LogP contribution is 2.28. The fourth-order valence-electron chi connectivity index (χ4n) is 4.20. The van der Waals surface area contributed by atoms with Crippen LogP contribution < -0.4 is 0 Å². The van der Waals surface area contributed by atoms with Gasteiger partial charge < -0.3 is 18.9 Å². The number of Topliss-reactive ketones (excluding diaryl/α,β-unsaturated/α-hetero) is 1. The van der Waals surface area contributed by atoms with E-state index in [1.165, 1.54) is 0 Å². The summed E-state index contributed by atoms with van der Waals surface area (Å²) in [4.78, 5) is 38.5. The molecular formula is C31H30O7. The van der Waals surface area contributed by atoms with Crippen LogP contribution >= 0.6 is 0 Å². The van der Waals surface area contributed by atoms with Crippen LogP contribution in [0.5, 0.6) is 0 Å². The van der Waals surface area contributed by atoms with Crippen LogP contribution in [-0.4, -0.2) is 48.7 Å². The monoisotopic (exact) mass is 514 g/mol. The maximum Gasteiger partial charge on any atom is 0.338 e. The Morgan fingerprint density at radius 2 is 1.45 bits per heavy atom. The first-order valence-corrected chi connectivity index (χ1v) is 12.5. The molecule has 1 heterocycles. The highest BCUT2D eigenvalue weighted by atomic mass is 16.6. The van der Waals surface area contributed by atoms with Gasteiger partial charge in [-0.2, -0.15) is 0 Å². The topological polar surface area (TPSA) is 88.1 Å². The second-order valence-corrected chi connectivity index (χ2v) is 8.90. The average Bonchev–Trinajstić information content (AvgIpc) is 3.25. The van der Waals surface area contributed by atoms with E-state index in [2.05, 4.69) is 6.58 Å². The van der Waals surface area contributed by atoms with E-state index in [4.69, 9.17) is 18.9 Å². The molecule has 0 aromatic heterocycles. The molecule has 0 saturated carbocycles. The van der Waals surface area contributed by atoms with Crippen molar-refractivity contribution in [2.45, 2.75) is 43.9 Å². The number of rotatable bonds is 12. The summed E-state index contributed by atoms with van der Waals surface area (Å²) in [7, 11) is 0. The van der Waals surface area contributed by atoms with Gasteiger partial charge >= 0.3 is 11.9 Å². The van der Waals surface area contributed by atoms with Gasteiger partial charge in [0.15, 0.2) is 5.78 Å². The molecule has 0 aliphatic carbocycles. The van der Waals surface area contributed by atoms with Crippen LogP contribution in [0.1, 0.15) is 39.1 Å². The zero-order valence-corrected chi connectivity index (χ0v) is 20.9. The van der Waals surface area contributed by atoms with E-state index in [-0.39, 0.29) is 25.4 Å². The third-order valence-corrected chi connectivity index (χ3v) is 6.12. The molecule has 0 radical (unpaired) electrons. The number of hydrogen-bond donors (Lipinski definition) is 0. The Morgan fingerprint density at radius 3 is 2.05 bits per heavy atom. The fraction of sp³-hybridized carbons (Fsp3) is 0.258. The van der Waals surface area contributed by atoms with Gasteiger partial charge in [-0.1, -0.05) is 72.8 Å². The molecule has 0 amide bonds. The van der Waals surface area contributed by atoms with Crippen molar-refractivity contribution in [2.75, 3.05) is 6.61 Å². The molecule has 196 valence electrons. The Kier molecular flexibility index (Phi) is 9.56. The second-order valence-electron chi connectivity index (χ2n) is 8.90. The van der Waals surface area contributed by atoms with Gasteiger partial charge in [-0.3, -0.25) is 4.79 Å². The highest BCUT2D eigenvalue weighted by Gasteiger charge is 2.45. The Labute approximate surface area is 222 Å². The molecule has 4 atom stereocenters. The third kappa shape index (κ3) is 7.25. The second kappa shape index (κ2) is 13.5. The van der Waals surface area contributed by atoms with Crippen molar-refractivity contribution in [3.05, 3.63) is 120 Å². The summed E-state index contributed by atoms with van der Waals surface area (Å²) >= 11 is 0. The Balaban J connectivity index is 1.49. The van der Waals surface area contributed by atoms with Gasteiger partial charge in [-0.05, 0) is 36.2 Å². The lowest BCUT2D eigenvalue weighted by atomic mass is 10.0. The molecule has 1 fully saturated rings. The maximum absolute atomic E-state index is 13.1. The highest BCUT2D eigenvalue weighted by molar-refractivity contribution is 5.91.